The predicted molar refractivity (Wildman–Crippen MR) is 81.7 cm³/mol. The summed E-state index contributed by atoms with van der Waals surface area (Å²) in [7, 11) is 0. The number of aromatic nitrogens is 2. The lowest BCUT2D eigenvalue weighted by Crippen LogP contribution is -2.08. The SMILES string of the molecule is O=C(C=Cc1ccccc1)Nc1nonc1-c1cccs1. The Morgan fingerprint density at radius 2 is 2.00 bits per heavy atom. The summed E-state index contributed by atoms with van der Waals surface area (Å²) in [6.45, 7) is 0. The fraction of sp³-hybridized carbons (Fsp3) is 0. The lowest BCUT2D eigenvalue weighted by Gasteiger charge is -1.98. The van der Waals surface area contributed by atoms with Crippen LogP contribution in [0.3, 0.4) is 0 Å². The molecule has 3 aromatic rings. The van der Waals surface area contributed by atoms with Crippen LogP contribution in [-0.4, -0.2) is 16.2 Å². The number of nitrogens with one attached hydrogen (secondary N) is 1. The maximum Gasteiger partial charge on any atom is 0.249 e. The van der Waals surface area contributed by atoms with Gasteiger partial charge in [-0.15, -0.1) is 11.3 Å². The number of amides is 1. The van der Waals surface area contributed by atoms with Gasteiger partial charge in [0, 0.05) is 6.08 Å². The fourth-order valence-corrected chi connectivity index (χ4v) is 2.45. The van der Waals surface area contributed by atoms with E-state index in [4.69, 9.17) is 4.63 Å². The first-order chi connectivity index (χ1) is 10.3. The molecule has 0 saturated carbocycles. The zero-order valence-electron chi connectivity index (χ0n) is 10.9. The summed E-state index contributed by atoms with van der Waals surface area (Å²) >= 11 is 1.50. The third-order valence-corrected chi connectivity index (χ3v) is 3.59. The zero-order chi connectivity index (χ0) is 14.5. The largest absolute Gasteiger partial charge is 0.302 e. The van der Waals surface area contributed by atoms with Crippen molar-refractivity contribution < 1.29 is 9.42 Å². The number of thiophene rings is 1. The van der Waals surface area contributed by atoms with E-state index in [9.17, 15) is 4.79 Å². The van der Waals surface area contributed by atoms with E-state index in [2.05, 4.69) is 15.6 Å². The monoisotopic (exact) mass is 297 g/mol. The van der Waals surface area contributed by atoms with Gasteiger partial charge in [-0.05, 0) is 33.4 Å². The zero-order valence-corrected chi connectivity index (χ0v) is 11.7. The number of rotatable bonds is 4. The van der Waals surface area contributed by atoms with Gasteiger partial charge in [0.25, 0.3) is 0 Å². The van der Waals surface area contributed by atoms with Crippen LogP contribution in [0.1, 0.15) is 5.56 Å². The highest BCUT2D eigenvalue weighted by atomic mass is 32.1. The molecule has 3 rings (SSSR count). The second-order valence-corrected chi connectivity index (χ2v) is 5.12. The molecule has 5 nitrogen and oxygen atoms in total. The van der Waals surface area contributed by atoms with Gasteiger partial charge in [0.15, 0.2) is 5.69 Å². The Morgan fingerprint density at radius 3 is 2.76 bits per heavy atom. The van der Waals surface area contributed by atoms with Gasteiger partial charge in [0.05, 0.1) is 4.88 Å². The van der Waals surface area contributed by atoms with E-state index < -0.39 is 0 Å². The second-order valence-electron chi connectivity index (χ2n) is 4.17. The van der Waals surface area contributed by atoms with Crippen LogP contribution in [0, 0.1) is 0 Å². The highest BCUT2D eigenvalue weighted by molar-refractivity contribution is 7.13. The Bertz CT molecular complexity index is 748. The molecule has 0 aliphatic heterocycles. The van der Waals surface area contributed by atoms with Crippen LogP contribution in [0.15, 0.2) is 58.5 Å². The van der Waals surface area contributed by atoms with Gasteiger partial charge in [-0.2, -0.15) is 0 Å². The van der Waals surface area contributed by atoms with Crippen LogP contribution in [0.4, 0.5) is 5.82 Å². The number of nitrogens with zero attached hydrogens (tertiary/aromatic N) is 2. The van der Waals surface area contributed by atoms with Gasteiger partial charge in [-0.25, -0.2) is 4.63 Å². The minimum Gasteiger partial charge on any atom is -0.302 e. The van der Waals surface area contributed by atoms with E-state index in [0.717, 1.165) is 10.4 Å². The van der Waals surface area contributed by atoms with Crippen molar-refractivity contribution in [2.24, 2.45) is 0 Å². The molecule has 0 atom stereocenters. The average molecular weight is 297 g/mol. The predicted octanol–water partition coefficient (Wildman–Crippen LogP) is 3.45. The van der Waals surface area contributed by atoms with E-state index >= 15 is 0 Å². The quantitative estimate of drug-likeness (QED) is 0.749. The van der Waals surface area contributed by atoms with E-state index in [-0.39, 0.29) is 5.91 Å². The molecular formula is C15H11N3O2S. The molecule has 0 bridgehead atoms. The molecule has 0 unspecified atom stereocenters. The van der Waals surface area contributed by atoms with Gasteiger partial charge in [0.1, 0.15) is 0 Å². The fourth-order valence-electron chi connectivity index (χ4n) is 1.74. The van der Waals surface area contributed by atoms with Crippen LogP contribution in [0.5, 0.6) is 0 Å². The summed E-state index contributed by atoms with van der Waals surface area (Å²) in [5.41, 5.74) is 1.48. The van der Waals surface area contributed by atoms with Crippen molar-refractivity contribution in [1.82, 2.24) is 10.3 Å². The summed E-state index contributed by atoms with van der Waals surface area (Å²) in [6, 6.07) is 13.4. The maximum absolute atomic E-state index is 11.9. The molecule has 1 aromatic carbocycles. The minimum absolute atomic E-state index is 0.285. The van der Waals surface area contributed by atoms with E-state index in [1.165, 1.54) is 17.4 Å². The Kier molecular flexibility index (Phi) is 3.88. The molecule has 2 aromatic heterocycles. The van der Waals surface area contributed by atoms with Gasteiger partial charge >= 0.3 is 0 Å². The standard InChI is InChI=1S/C15H11N3O2S/c19-13(9-8-11-5-2-1-3-6-11)16-15-14(17-20-18-15)12-7-4-10-21-12/h1-10H,(H,16,18,19). The second kappa shape index (κ2) is 6.15. The highest BCUT2D eigenvalue weighted by Crippen LogP contribution is 2.28. The molecule has 0 aliphatic rings. The lowest BCUT2D eigenvalue weighted by molar-refractivity contribution is -0.111. The van der Waals surface area contributed by atoms with Crippen LogP contribution < -0.4 is 5.32 Å². The highest BCUT2D eigenvalue weighted by Gasteiger charge is 2.14. The van der Waals surface area contributed by atoms with Gasteiger partial charge < -0.3 is 5.32 Å². The number of benzene rings is 1. The third kappa shape index (κ3) is 3.24. The summed E-state index contributed by atoms with van der Waals surface area (Å²) in [6.07, 6.45) is 3.18. The topological polar surface area (TPSA) is 68.0 Å². The van der Waals surface area contributed by atoms with E-state index in [1.807, 2.05) is 47.8 Å². The number of hydrogen-bond donors (Lipinski definition) is 1. The molecule has 21 heavy (non-hydrogen) atoms. The molecule has 6 heteroatoms. The molecule has 0 aliphatic carbocycles. The van der Waals surface area contributed by atoms with Crippen LogP contribution in [0.2, 0.25) is 0 Å². The van der Waals surface area contributed by atoms with Gasteiger partial charge in [-0.1, -0.05) is 36.4 Å². The van der Waals surface area contributed by atoms with Crippen molar-refractivity contribution in [1.29, 1.82) is 0 Å². The molecule has 104 valence electrons. The normalized spacial score (nSPS) is 10.9. The molecule has 0 saturated heterocycles. The first-order valence-electron chi connectivity index (χ1n) is 6.23. The molecular weight excluding hydrogens is 286 g/mol. The van der Waals surface area contributed by atoms with Crippen LogP contribution >= 0.6 is 11.3 Å². The van der Waals surface area contributed by atoms with Crippen molar-refractivity contribution in [2.45, 2.75) is 0 Å². The van der Waals surface area contributed by atoms with Crippen LogP contribution in [0.25, 0.3) is 16.6 Å². The number of carbonyl (C=O) groups excluding carboxylic acids is 1. The molecule has 1 amide bonds. The molecule has 0 radical (unpaired) electrons. The number of hydrogen-bond acceptors (Lipinski definition) is 5. The number of carbonyl (C=O) groups is 1. The van der Waals surface area contributed by atoms with E-state index in [1.54, 1.807) is 6.08 Å². The minimum atomic E-state index is -0.285. The van der Waals surface area contributed by atoms with E-state index in [0.29, 0.717) is 11.5 Å². The van der Waals surface area contributed by atoms with Crippen molar-refractivity contribution in [3.63, 3.8) is 0 Å². The summed E-state index contributed by atoms with van der Waals surface area (Å²) in [5.74, 6) is 0.0347. The Balaban J connectivity index is 1.71. The Morgan fingerprint density at radius 1 is 1.14 bits per heavy atom. The van der Waals surface area contributed by atoms with Crippen molar-refractivity contribution in [3.8, 4) is 10.6 Å². The Hall–Kier alpha value is -2.73. The molecule has 2 heterocycles. The molecule has 1 N–H and O–H groups in total. The Labute approximate surface area is 124 Å². The smallest absolute Gasteiger partial charge is 0.249 e. The summed E-state index contributed by atoms with van der Waals surface area (Å²) in [5, 5.41) is 12.1. The summed E-state index contributed by atoms with van der Waals surface area (Å²) in [4.78, 5) is 12.8. The maximum atomic E-state index is 11.9. The van der Waals surface area contributed by atoms with Crippen molar-refractivity contribution in [3.05, 3.63) is 59.5 Å². The number of anilines is 1. The van der Waals surface area contributed by atoms with Gasteiger partial charge in [0.2, 0.25) is 11.7 Å². The molecule has 0 fully saturated rings. The van der Waals surface area contributed by atoms with Crippen molar-refractivity contribution >= 4 is 29.1 Å². The third-order valence-electron chi connectivity index (χ3n) is 2.71. The summed E-state index contributed by atoms with van der Waals surface area (Å²) < 4.78 is 4.70. The van der Waals surface area contributed by atoms with Crippen LogP contribution in [-0.2, 0) is 4.79 Å². The first-order valence-corrected chi connectivity index (χ1v) is 7.11. The van der Waals surface area contributed by atoms with Gasteiger partial charge in [-0.3, -0.25) is 4.79 Å². The lowest BCUT2D eigenvalue weighted by atomic mass is 10.2. The molecule has 0 spiro atoms. The first kappa shape index (κ1) is 13.3. The van der Waals surface area contributed by atoms with Crippen molar-refractivity contribution in [2.75, 3.05) is 5.32 Å². The average Bonchev–Trinajstić information content (AvgIpc) is 3.17.